The van der Waals surface area contributed by atoms with Crippen LogP contribution in [0.25, 0.3) is 0 Å². The second-order valence-corrected chi connectivity index (χ2v) is 11.7. The molecule has 0 saturated carbocycles. The van der Waals surface area contributed by atoms with Crippen molar-refractivity contribution in [3.05, 3.63) is 98.6 Å². The maximum Gasteiger partial charge on any atom is 0.410 e. The van der Waals surface area contributed by atoms with E-state index in [1.54, 1.807) is 58.0 Å². The van der Waals surface area contributed by atoms with E-state index in [-0.39, 0.29) is 24.4 Å². The number of nitro benzene ring substituents is 1. The molecule has 3 aromatic rings. The zero-order chi connectivity index (χ0) is 30.2. The quantitative estimate of drug-likeness (QED) is 0.141. The molecule has 0 heterocycles. The predicted molar refractivity (Wildman–Crippen MR) is 158 cm³/mol. The standard InChI is InChI=1S/C30H33ClN2O7S/c1-5-39-28(35)25-18-24(13-14-26(25)33(37)38)41-23-11-9-20(10-12-23)15-16-32(29(36)40-30(2,3)4)19-27(34)21-7-6-8-22(31)17-21/h6-14,17-18,27,34H,5,15-16,19H2,1-4H3/t27-/m1/s1. The molecule has 0 aromatic heterocycles. The number of carbonyl (C=O) groups excluding carboxylic acids is 2. The average molecular weight is 601 g/mol. The molecule has 0 saturated heterocycles. The third kappa shape index (κ3) is 9.77. The van der Waals surface area contributed by atoms with Gasteiger partial charge in [-0.3, -0.25) is 10.1 Å². The first-order valence-electron chi connectivity index (χ1n) is 13.0. The molecule has 1 N–H and O–H groups in total. The number of benzene rings is 3. The van der Waals surface area contributed by atoms with E-state index in [9.17, 15) is 24.8 Å². The van der Waals surface area contributed by atoms with Gasteiger partial charge in [0.1, 0.15) is 11.2 Å². The van der Waals surface area contributed by atoms with Crippen LogP contribution in [0.2, 0.25) is 5.02 Å². The Labute approximate surface area is 248 Å². The van der Waals surface area contributed by atoms with E-state index in [1.165, 1.54) is 28.8 Å². The fourth-order valence-corrected chi connectivity index (χ4v) is 4.90. The van der Waals surface area contributed by atoms with Crippen LogP contribution >= 0.6 is 23.4 Å². The number of aliphatic hydroxyl groups excluding tert-OH is 1. The summed E-state index contributed by atoms with van der Waals surface area (Å²) in [4.78, 5) is 38.9. The Balaban J connectivity index is 1.70. The van der Waals surface area contributed by atoms with Crippen LogP contribution in [-0.2, 0) is 15.9 Å². The van der Waals surface area contributed by atoms with Crippen LogP contribution in [0, 0.1) is 10.1 Å². The minimum Gasteiger partial charge on any atom is -0.462 e. The molecule has 1 amide bonds. The van der Waals surface area contributed by atoms with Crippen molar-refractivity contribution in [3.63, 3.8) is 0 Å². The number of hydrogen-bond acceptors (Lipinski definition) is 8. The van der Waals surface area contributed by atoms with E-state index in [1.807, 2.05) is 24.3 Å². The molecular formula is C30H33ClN2O7S. The summed E-state index contributed by atoms with van der Waals surface area (Å²) < 4.78 is 10.5. The largest absolute Gasteiger partial charge is 0.462 e. The van der Waals surface area contributed by atoms with Gasteiger partial charge in [-0.25, -0.2) is 9.59 Å². The summed E-state index contributed by atoms with van der Waals surface area (Å²) in [5.74, 6) is -0.744. The highest BCUT2D eigenvalue weighted by molar-refractivity contribution is 7.99. The molecule has 0 spiro atoms. The van der Waals surface area contributed by atoms with E-state index < -0.39 is 28.7 Å². The summed E-state index contributed by atoms with van der Waals surface area (Å²) in [5.41, 5.74) is 0.458. The summed E-state index contributed by atoms with van der Waals surface area (Å²) in [6, 6.07) is 18.8. The van der Waals surface area contributed by atoms with E-state index in [4.69, 9.17) is 21.1 Å². The first-order chi connectivity index (χ1) is 19.4. The van der Waals surface area contributed by atoms with Crippen molar-refractivity contribution in [2.24, 2.45) is 0 Å². The van der Waals surface area contributed by atoms with Gasteiger partial charge in [0.15, 0.2) is 0 Å². The predicted octanol–water partition coefficient (Wildman–Crippen LogP) is 7.09. The minimum atomic E-state index is -0.943. The summed E-state index contributed by atoms with van der Waals surface area (Å²) in [5, 5.41) is 22.6. The first kappa shape index (κ1) is 31.9. The molecule has 218 valence electrons. The van der Waals surface area contributed by atoms with Crippen molar-refractivity contribution in [1.82, 2.24) is 4.90 Å². The van der Waals surface area contributed by atoms with Crippen molar-refractivity contribution < 1.29 is 29.1 Å². The second-order valence-electron chi connectivity index (χ2n) is 10.1. The number of nitrogens with zero attached hydrogens (tertiary/aromatic N) is 2. The Bertz CT molecular complexity index is 1380. The van der Waals surface area contributed by atoms with Gasteiger partial charge in [0, 0.05) is 27.4 Å². The van der Waals surface area contributed by atoms with Crippen molar-refractivity contribution in [3.8, 4) is 0 Å². The third-order valence-electron chi connectivity index (χ3n) is 5.77. The molecule has 9 nitrogen and oxygen atoms in total. The number of amides is 1. The summed E-state index contributed by atoms with van der Waals surface area (Å²) in [6.07, 6.45) is -0.959. The highest BCUT2D eigenvalue weighted by Gasteiger charge is 2.25. The minimum absolute atomic E-state index is 0.0339. The van der Waals surface area contributed by atoms with Crippen LogP contribution < -0.4 is 0 Å². The number of halogens is 1. The number of ether oxygens (including phenoxy) is 2. The molecule has 3 aromatic carbocycles. The molecule has 11 heteroatoms. The zero-order valence-corrected chi connectivity index (χ0v) is 24.9. The number of hydrogen-bond donors (Lipinski definition) is 1. The molecule has 0 unspecified atom stereocenters. The van der Waals surface area contributed by atoms with Gasteiger partial charge in [0.2, 0.25) is 0 Å². The van der Waals surface area contributed by atoms with Crippen LogP contribution in [-0.4, -0.2) is 52.3 Å². The van der Waals surface area contributed by atoms with Crippen molar-refractivity contribution in [1.29, 1.82) is 0 Å². The lowest BCUT2D eigenvalue weighted by Crippen LogP contribution is -2.40. The molecule has 1 atom stereocenters. The van der Waals surface area contributed by atoms with Gasteiger partial charge < -0.3 is 19.5 Å². The third-order valence-corrected chi connectivity index (χ3v) is 7.00. The van der Waals surface area contributed by atoms with E-state index >= 15 is 0 Å². The zero-order valence-electron chi connectivity index (χ0n) is 23.3. The number of rotatable bonds is 11. The normalized spacial score (nSPS) is 12.0. The van der Waals surface area contributed by atoms with E-state index in [2.05, 4.69) is 0 Å². The van der Waals surface area contributed by atoms with Crippen LogP contribution in [0.4, 0.5) is 10.5 Å². The Morgan fingerprint density at radius 1 is 1.07 bits per heavy atom. The SMILES string of the molecule is CCOC(=O)c1cc(Sc2ccc(CCN(C[C@@H](O)c3cccc(Cl)c3)C(=O)OC(C)(C)C)cc2)ccc1[N+](=O)[O-]. The molecule has 0 radical (unpaired) electrons. The Morgan fingerprint density at radius 2 is 1.76 bits per heavy atom. The van der Waals surface area contributed by atoms with Gasteiger partial charge in [-0.15, -0.1) is 0 Å². The molecule has 3 rings (SSSR count). The van der Waals surface area contributed by atoms with Crippen LogP contribution in [0.1, 0.15) is 55.3 Å². The number of aliphatic hydroxyl groups is 1. The maximum atomic E-state index is 12.9. The molecule has 0 aliphatic carbocycles. The molecule has 0 aliphatic heterocycles. The fraction of sp³-hybridized carbons (Fsp3) is 0.333. The van der Waals surface area contributed by atoms with E-state index in [0.29, 0.717) is 28.4 Å². The topological polar surface area (TPSA) is 119 Å². The Morgan fingerprint density at radius 3 is 2.37 bits per heavy atom. The summed E-state index contributed by atoms with van der Waals surface area (Å²) >= 11 is 7.42. The van der Waals surface area contributed by atoms with Gasteiger partial charge in [-0.2, -0.15) is 0 Å². The van der Waals surface area contributed by atoms with Gasteiger partial charge in [0.25, 0.3) is 5.69 Å². The average Bonchev–Trinajstić information content (AvgIpc) is 2.90. The van der Waals surface area contributed by atoms with Gasteiger partial charge in [0.05, 0.1) is 24.2 Å². The fourth-order valence-electron chi connectivity index (χ4n) is 3.85. The van der Waals surface area contributed by atoms with Crippen LogP contribution in [0.5, 0.6) is 0 Å². The van der Waals surface area contributed by atoms with Gasteiger partial charge >= 0.3 is 12.1 Å². The van der Waals surface area contributed by atoms with Crippen molar-refractivity contribution in [2.45, 2.75) is 55.6 Å². The smallest absolute Gasteiger partial charge is 0.410 e. The Hall–Kier alpha value is -3.60. The molecule has 0 aliphatic rings. The highest BCUT2D eigenvalue weighted by Crippen LogP contribution is 2.32. The Kier molecular flexibility index (Phi) is 11.2. The second kappa shape index (κ2) is 14.3. The van der Waals surface area contributed by atoms with Crippen molar-refractivity contribution in [2.75, 3.05) is 19.7 Å². The van der Waals surface area contributed by atoms with Crippen LogP contribution in [0.15, 0.2) is 76.5 Å². The molecule has 0 bridgehead atoms. The lowest BCUT2D eigenvalue weighted by Gasteiger charge is -2.29. The number of esters is 1. The van der Waals surface area contributed by atoms with Gasteiger partial charge in [-0.05, 0) is 81.6 Å². The monoisotopic (exact) mass is 600 g/mol. The number of carbonyl (C=O) groups is 2. The molecule has 41 heavy (non-hydrogen) atoms. The van der Waals surface area contributed by atoms with E-state index in [0.717, 1.165) is 10.5 Å². The lowest BCUT2D eigenvalue weighted by atomic mass is 10.1. The first-order valence-corrected chi connectivity index (χ1v) is 14.2. The lowest BCUT2D eigenvalue weighted by molar-refractivity contribution is -0.385. The molecular weight excluding hydrogens is 568 g/mol. The molecule has 0 fully saturated rings. The van der Waals surface area contributed by atoms with Crippen LogP contribution in [0.3, 0.4) is 0 Å². The number of nitro groups is 1. The summed E-state index contributed by atoms with van der Waals surface area (Å²) in [6.45, 7) is 7.45. The van der Waals surface area contributed by atoms with Gasteiger partial charge in [-0.1, -0.05) is 47.6 Å². The maximum absolute atomic E-state index is 12.9. The summed E-state index contributed by atoms with van der Waals surface area (Å²) in [7, 11) is 0. The highest BCUT2D eigenvalue weighted by atomic mass is 35.5. The van der Waals surface area contributed by atoms with Crippen molar-refractivity contribution >= 4 is 41.1 Å².